The van der Waals surface area contributed by atoms with Crippen molar-refractivity contribution in [3.05, 3.63) is 41.4 Å². The van der Waals surface area contributed by atoms with Crippen LogP contribution in [-0.4, -0.2) is 39.0 Å². The monoisotopic (exact) mass is 311 g/mol. The van der Waals surface area contributed by atoms with Gasteiger partial charge in [0.2, 0.25) is 10.0 Å². The molecule has 2 aromatic carbocycles. The van der Waals surface area contributed by atoms with Crippen LogP contribution in [0.25, 0.3) is 10.8 Å². The van der Waals surface area contributed by atoms with Gasteiger partial charge in [0.05, 0.1) is 18.1 Å². The number of benzene rings is 2. The van der Waals surface area contributed by atoms with Crippen molar-refractivity contribution < 1.29 is 13.2 Å². The highest BCUT2D eigenvalue weighted by Gasteiger charge is 2.28. The second kappa shape index (κ2) is 5.33. The van der Waals surface area contributed by atoms with E-state index in [-0.39, 0.29) is 0 Å². The zero-order valence-electron chi connectivity index (χ0n) is 10.8. The van der Waals surface area contributed by atoms with E-state index in [2.05, 4.69) is 0 Å². The largest absolute Gasteiger partial charge is 0.379 e. The van der Waals surface area contributed by atoms with Gasteiger partial charge in [-0.05, 0) is 12.1 Å². The number of hydrogen-bond acceptors (Lipinski definition) is 3. The van der Waals surface area contributed by atoms with Gasteiger partial charge in [0.15, 0.2) is 0 Å². The van der Waals surface area contributed by atoms with Gasteiger partial charge in [0.1, 0.15) is 0 Å². The van der Waals surface area contributed by atoms with E-state index in [1.807, 2.05) is 18.2 Å². The van der Waals surface area contributed by atoms with Crippen LogP contribution in [-0.2, 0) is 14.8 Å². The molecule has 0 spiro atoms. The van der Waals surface area contributed by atoms with Gasteiger partial charge in [-0.15, -0.1) is 0 Å². The zero-order valence-corrected chi connectivity index (χ0v) is 12.3. The molecule has 6 heteroatoms. The molecule has 1 heterocycles. The number of halogens is 1. The third-order valence-corrected chi connectivity index (χ3v) is 5.71. The summed E-state index contributed by atoms with van der Waals surface area (Å²) in [6.07, 6.45) is 0. The summed E-state index contributed by atoms with van der Waals surface area (Å²) in [6, 6.07) is 10.5. The van der Waals surface area contributed by atoms with Crippen molar-refractivity contribution in [2.75, 3.05) is 26.3 Å². The minimum absolute atomic E-state index is 0.305. The van der Waals surface area contributed by atoms with Crippen LogP contribution in [0.5, 0.6) is 0 Å². The van der Waals surface area contributed by atoms with E-state index in [9.17, 15) is 8.42 Å². The van der Waals surface area contributed by atoms with E-state index in [0.29, 0.717) is 41.6 Å². The first-order valence-electron chi connectivity index (χ1n) is 6.36. The highest BCUT2D eigenvalue weighted by atomic mass is 35.5. The Labute approximate surface area is 123 Å². The topological polar surface area (TPSA) is 46.6 Å². The molecule has 0 radical (unpaired) electrons. The Balaban J connectivity index is 2.16. The number of morpholine rings is 1. The third-order valence-electron chi connectivity index (χ3n) is 3.42. The molecule has 0 aromatic heterocycles. The van der Waals surface area contributed by atoms with Crippen LogP contribution in [0.15, 0.2) is 41.3 Å². The molecule has 3 rings (SSSR count). The fraction of sp³-hybridized carbons (Fsp3) is 0.286. The van der Waals surface area contributed by atoms with Crippen molar-refractivity contribution in [3.63, 3.8) is 0 Å². The number of rotatable bonds is 2. The smallest absolute Gasteiger partial charge is 0.243 e. The van der Waals surface area contributed by atoms with Gasteiger partial charge in [-0.1, -0.05) is 35.9 Å². The lowest BCUT2D eigenvalue weighted by molar-refractivity contribution is 0.0730. The first-order valence-corrected chi connectivity index (χ1v) is 8.17. The van der Waals surface area contributed by atoms with Gasteiger partial charge in [0, 0.05) is 28.9 Å². The van der Waals surface area contributed by atoms with Gasteiger partial charge in [-0.2, -0.15) is 4.31 Å². The summed E-state index contributed by atoms with van der Waals surface area (Å²) in [6.45, 7) is 1.65. The minimum atomic E-state index is -3.51. The quantitative estimate of drug-likeness (QED) is 0.856. The molecule has 4 nitrogen and oxygen atoms in total. The summed E-state index contributed by atoms with van der Waals surface area (Å²) in [5.74, 6) is 0. The lowest BCUT2D eigenvalue weighted by Gasteiger charge is -2.26. The molecule has 2 aromatic rings. The number of sulfonamides is 1. The molecule has 0 saturated carbocycles. The lowest BCUT2D eigenvalue weighted by atomic mass is 10.1. The number of ether oxygens (including phenoxy) is 1. The molecule has 1 saturated heterocycles. The van der Waals surface area contributed by atoms with Crippen LogP contribution in [0.3, 0.4) is 0 Å². The molecule has 1 aliphatic heterocycles. The maximum Gasteiger partial charge on any atom is 0.243 e. The molecule has 0 aliphatic carbocycles. The highest BCUT2D eigenvalue weighted by molar-refractivity contribution is 7.89. The predicted molar refractivity (Wildman–Crippen MR) is 78.5 cm³/mol. The Kier molecular flexibility index (Phi) is 3.69. The van der Waals surface area contributed by atoms with Gasteiger partial charge in [-0.3, -0.25) is 0 Å². The van der Waals surface area contributed by atoms with Crippen LogP contribution in [0.4, 0.5) is 0 Å². The second-order valence-corrected chi connectivity index (χ2v) is 6.92. The fourth-order valence-corrected chi connectivity index (χ4v) is 4.22. The molecule has 1 aliphatic rings. The minimum Gasteiger partial charge on any atom is -0.379 e. The Morgan fingerprint density at radius 2 is 1.65 bits per heavy atom. The van der Waals surface area contributed by atoms with E-state index in [1.165, 1.54) is 4.31 Å². The molecule has 0 N–H and O–H groups in total. The van der Waals surface area contributed by atoms with E-state index < -0.39 is 10.0 Å². The molecule has 0 bridgehead atoms. The molecular weight excluding hydrogens is 298 g/mol. The van der Waals surface area contributed by atoms with Crippen molar-refractivity contribution >= 4 is 32.4 Å². The standard InChI is InChI=1S/C14H14ClNO3S/c15-13-5-6-14(12-4-2-1-3-11(12)13)20(17,18)16-7-9-19-10-8-16/h1-6H,7-10H2. The normalized spacial score (nSPS) is 17.4. The van der Waals surface area contributed by atoms with E-state index in [0.717, 1.165) is 5.39 Å². The number of nitrogens with zero attached hydrogens (tertiary/aromatic N) is 1. The molecule has 0 amide bonds. The Hall–Kier alpha value is -1.14. The van der Waals surface area contributed by atoms with Crippen molar-refractivity contribution in [1.29, 1.82) is 0 Å². The van der Waals surface area contributed by atoms with Crippen molar-refractivity contribution in [2.24, 2.45) is 0 Å². The maximum absolute atomic E-state index is 12.7. The van der Waals surface area contributed by atoms with Gasteiger partial charge >= 0.3 is 0 Å². The average molecular weight is 312 g/mol. The summed E-state index contributed by atoms with van der Waals surface area (Å²) < 4.78 is 32.2. The van der Waals surface area contributed by atoms with E-state index in [4.69, 9.17) is 16.3 Å². The van der Waals surface area contributed by atoms with Crippen molar-refractivity contribution in [1.82, 2.24) is 4.31 Å². The highest BCUT2D eigenvalue weighted by Crippen LogP contribution is 2.31. The lowest BCUT2D eigenvalue weighted by Crippen LogP contribution is -2.40. The SMILES string of the molecule is O=S(=O)(c1ccc(Cl)c2ccccc12)N1CCOCC1. The summed E-state index contributed by atoms with van der Waals surface area (Å²) in [7, 11) is -3.51. The van der Waals surface area contributed by atoms with Crippen LogP contribution in [0, 0.1) is 0 Å². The summed E-state index contributed by atoms with van der Waals surface area (Å²) in [5.41, 5.74) is 0. The van der Waals surface area contributed by atoms with Gasteiger partial charge in [-0.25, -0.2) is 8.42 Å². The Bertz CT molecular complexity index is 739. The van der Waals surface area contributed by atoms with Crippen LogP contribution in [0.2, 0.25) is 5.02 Å². The predicted octanol–water partition coefficient (Wildman–Crippen LogP) is 2.51. The summed E-state index contributed by atoms with van der Waals surface area (Å²) in [5, 5.41) is 1.97. The molecule has 1 fully saturated rings. The van der Waals surface area contributed by atoms with Crippen LogP contribution < -0.4 is 0 Å². The molecular formula is C14H14ClNO3S. The number of fused-ring (bicyclic) bond motifs is 1. The molecule has 20 heavy (non-hydrogen) atoms. The van der Waals surface area contributed by atoms with E-state index in [1.54, 1.807) is 18.2 Å². The fourth-order valence-electron chi connectivity index (χ4n) is 2.39. The molecule has 106 valence electrons. The first-order chi connectivity index (χ1) is 9.60. The van der Waals surface area contributed by atoms with Crippen molar-refractivity contribution in [3.8, 4) is 0 Å². The average Bonchev–Trinajstić information content (AvgIpc) is 2.48. The number of hydrogen-bond donors (Lipinski definition) is 0. The summed E-state index contributed by atoms with van der Waals surface area (Å²) >= 11 is 6.14. The van der Waals surface area contributed by atoms with Gasteiger partial charge in [0.25, 0.3) is 0 Å². The Morgan fingerprint density at radius 3 is 2.35 bits per heavy atom. The zero-order chi connectivity index (χ0) is 14.2. The van der Waals surface area contributed by atoms with Gasteiger partial charge < -0.3 is 4.74 Å². The van der Waals surface area contributed by atoms with Crippen molar-refractivity contribution in [2.45, 2.75) is 4.90 Å². The third kappa shape index (κ3) is 2.31. The maximum atomic E-state index is 12.7. The molecule has 0 unspecified atom stereocenters. The van der Waals surface area contributed by atoms with Crippen LogP contribution in [0.1, 0.15) is 0 Å². The Morgan fingerprint density at radius 1 is 1.00 bits per heavy atom. The van der Waals surface area contributed by atoms with E-state index >= 15 is 0 Å². The summed E-state index contributed by atoms with van der Waals surface area (Å²) in [4.78, 5) is 0.305. The first kappa shape index (κ1) is 13.8. The second-order valence-electron chi connectivity index (χ2n) is 4.61. The molecule has 0 atom stereocenters. The van der Waals surface area contributed by atoms with Crippen LogP contribution >= 0.6 is 11.6 Å².